The third-order valence-corrected chi connectivity index (χ3v) is 5.38. The fourth-order valence-electron chi connectivity index (χ4n) is 3.52. The van der Waals surface area contributed by atoms with Crippen molar-refractivity contribution in [2.75, 3.05) is 26.2 Å². The van der Waals surface area contributed by atoms with Crippen LogP contribution in [-0.4, -0.2) is 51.0 Å². The number of amides is 1. The minimum atomic E-state index is -0.439. The van der Waals surface area contributed by atoms with Gasteiger partial charge in [-0.15, -0.1) is 0 Å². The summed E-state index contributed by atoms with van der Waals surface area (Å²) in [5.41, 5.74) is 0.337. The van der Waals surface area contributed by atoms with Gasteiger partial charge in [0.05, 0.1) is 5.56 Å². The molecule has 2 heterocycles. The maximum Gasteiger partial charge on any atom is 0.330 e. The van der Waals surface area contributed by atoms with Crippen LogP contribution in [0.25, 0.3) is 6.08 Å². The number of rotatable bonds is 4. The summed E-state index contributed by atoms with van der Waals surface area (Å²) in [6.45, 7) is 4.49. The Balaban J connectivity index is 1.63. The summed E-state index contributed by atoms with van der Waals surface area (Å²) < 4.78 is 15.8. The lowest BCUT2D eigenvalue weighted by Crippen LogP contribution is -2.48. The molecule has 3 rings (SSSR count). The Morgan fingerprint density at radius 3 is 2.48 bits per heavy atom. The van der Waals surface area contributed by atoms with Crippen LogP contribution in [0.3, 0.4) is 0 Å². The normalized spacial score (nSPS) is 16.3. The summed E-state index contributed by atoms with van der Waals surface area (Å²) >= 11 is 0. The van der Waals surface area contributed by atoms with Gasteiger partial charge in [0.25, 0.3) is 5.56 Å². The Labute approximate surface area is 168 Å². The minimum absolute atomic E-state index is 0.0621. The highest BCUT2D eigenvalue weighted by Gasteiger charge is 2.24. The molecule has 154 valence electrons. The molecule has 1 aliphatic heterocycles. The predicted octanol–water partition coefficient (Wildman–Crippen LogP) is 1.14. The van der Waals surface area contributed by atoms with Crippen molar-refractivity contribution < 1.29 is 9.18 Å². The lowest BCUT2D eigenvalue weighted by Gasteiger charge is -2.37. The van der Waals surface area contributed by atoms with Gasteiger partial charge in [-0.05, 0) is 30.7 Å². The van der Waals surface area contributed by atoms with E-state index in [2.05, 4.69) is 4.90 Å². The minimum Gasteiger partial charge on any atom is -0.337 e. The van der Waals surface area contributed by atoms with Crippen molar-refractivity contribution in [1.29, 1.82) is 0 Å². The highest BCUT2D eigenvalue weighted by Crippen LogP contribution is 2.22. The number of aromatic nitrogens is 2. The fraction of sp³-hybridized carbons (Fsp3) is 0.381. The van der Waals surface area contributed by atoms with E-state index in [1.807, 2.05) is 13.0 Å². The van der Waals surface area contributed by atoms with E-state index in [-0.39, 0.29) is 23.3 Å². The van der Waals surface area contributed by atoms with E-state index in [0.717, 1.165) is 10.1 Å². The Morgan fingerprint density at radius 2 is 1.83 bits per heavy atom. The predicted molar refractivity (Wildman–Crippen MR) is 109 cm³/mol. The summed E-state index contributed by atoms with van der Waals surface area (Å²) in [6.07, 6.45) is 4.24. The van der Waals surface area contributed by atoms with Crippen molar-refractivity contribution in [3.05, 3.63) is 74.3 Å². The molecule has 1 aromatic carbocycles. The average Bonchev–Trinajstić information content (AvgIpc) is 2.73. The lowest BCUT2D eigenvalue weighted by atomic mass is 10.1. The van der Waals surface area contributed by atoms with Crippen LogP contribution < -0.4 is 11.2 Å². The van der Waals surface area contributed by atoms with Gasteiger partial charge in [-0.25, -0.2) is 9.18 Å². The van der Waals surface area contributed by atoms with Gasteiger partial charge < -0.3 is 9.47 Å². The van der Waals surface area contributed by atoms with Gasteiger partial charge >= 0.3 is 5.69 Å². The van der Waals surface area contributed by atoms with Crippen LogP contribution in [0, 0.1) is 5.82 Å². The van der Waals surface area contributed by atoms with E-state index in [4.69, 9.17) is 0 Å². The molecule has 1 aliphatic rings. The third-order valence-electron chi connectivity index (χ3n) is 5.38. The largest absolute Gasteiger partial charge is 0.337 e. The smallest absolute Gasteiger partial charge is 0.330 e. The van der Waals surface area contributed by atoms with Crippen molar-refractivity contribution in [3.8, 4) is 0 Å². The number of piperazine rings is 1. The van der Waals surface area contributed by atoms with E-state index in [1.165, 1.54) is 36.0 Å². The summed E-state index contributed by atoms with van der Waals surface area (Å²) in [5, 5.41) is 0. The zero-order valence-electron chi connectivity index (χ0n) is 16.8. The van der Waals surface area contributed by atoms with Crippen molar-refractivity contribution in [2.45, 2.75) is 13.0 Å². The monoisotopic (exact) mass is 400 g/mol. The summed E-state index contributed by atoms with van der Waals surface area (Å²) in [5.74, 6) is -0.433. The molecule has 29 heavy (non-hydrogen) atoms. The van der Waals surface area contributed by atoms with Crippen molar-refractivity contribution in [2.24, 2.45) is 14.1 Å². The molecule has 0 bridgehead atoms. The molecular formula is C21H25FN4O3. The first-order valence-corrected chi connectivity index (χ1v) is 9.51. The SMILES string of the molecule is CC(c1cccc(F)c1)N1CCN(C(=O)/C=C/c2cn(C)c(=O)n(C)c2=O)CC1. The molecule has 8 heteroatoms. The second-order valence-corrected chi connectivity index (χ2v) is 7.27. The number of benzene rings is 1. The molecule has 0 radical (unpaired) electrons. The number of nitrogens with zero attached hydrogens (tertiary/aromatic N) is 4. The zero-order valence-corrected chi connectivity index (χ0v) is 16.8. The molecule has 0 saturated carbocycles. The van der Waals surface area contributed by atoms with Crippen molar-refractivity contribution in [1.82, 2.24) is 18.9 Å². The van der Waals surface area contributed by atoms with E-state index < -0.39 is 11.2 Å². The Hall–Kier alpha value is -3.00. The van der Waals surface area contributed by atoms with E-state index in [0.29, 0.717) is 26.2 Å². The summed E-state index contributed by atoms with van der Waals surface area (Å²) in [4.78, 5) is 40.3. The van der Waals surface area contributed by atoms with Gasteiger partial charge in [0, 0.05) is 58.6 Å². The Kier molecular flexibility index (Phi) is 6.12. The standard InChI is InChI=1S/C21H25FN4O3/c1-15(16-5-4-6-18(22)13-16)25-9-11-26(12-10-25)19(27)8-7-17-14-23(2)21(29)24(3)20(17)28/h4-8,13-15H,9-12H2,1-3H3/b8-7+. The van der Waals surface area contributed by atoms with Crippen LogP contribution in [0.5, 0.6) is 0 Å². The second-order valence-electron chi connectivity index (χ2n) is 7.27. The molecule has 1 saturated heterocycles. The van der Waals surface area contributed by atoms with Crippen molar-refractivity contribution in [3.63, 3.8) is 0 Å². The third kappa shape index (κ3) is 4.54. The molecule has 0 aliphatic carbocycles. The van der Waals surface area contributed by atoms with Gasteiger partial charge in [-0.1, -0.05) is 12.1 Å². The quantitative estimate of drug-likeness (QED) is 0.722. The zero-order chi connectivity index (χ0) is 21.1. The van der Waals surface area contributed by atoms with Crippen LogP contribution in [0.1, 0.15) is 24.1 Å². The average molecular weight is 400 g/mol. The van der Waals surface area contributed by atoms with Crippen LogP contribution >= 0.6 is 0 Å². The number of hydrogen-bond acceptors (Lipinski definition) is 4. The lowest BCUT2D eigenvalue weighted by molar-refractivity contribution is -0.127. The van der Waals surface area contributed by atoms with E-state index >= 15 is 0 Å². The first-order chi connectivity index (χ1) is 13.8. The van der Waals surface area contributed by atoms with Crippen LogP contribution in [-0.2, 0) is 18.9 Å². The molecule has 0 spiro atoms. The molecule has 2 aromatic rings. The molecule has 1 atom stereocenters. The molecule has 1 amide bonds. The molecule has 1 fully saturated rings. The molecule has 1 aromatic heterocycles. The van der Waals surface area contributed by atoms with E-state index in [1.54, 1.807) is 24.1 Å². The molecule has 7 nitrogen and oxygen atoms in total. The van der Waals surface area contributed by atoms with Crippen molar-refractivity contribution >= 4 is 12.0 Å². The Morgan fingerprint density at radius 1 is 1.14 bits per heavy atom. The molecule has 1 unspecified atom stereocenters. The van der Waals surface area contributed by atoms with Crippen LogP contribution in [0.2, 0.25) is 0 Å². The van der Waals surface area contributed by atoms with Crippen LogP contribution in [0.4, 0.5) is 4.39 Å². The number of halogens is 1. The van der Waals surface area contributed by atoms with Crippen LogP contribution in [0.15, 0.2) is 46.1 Å². The number of carbonyl (C=O) groups is 1. The maximum absolute atomic E-state index is 13.5. The number of hydrogen-bond donors (Lipinski definition) is 0. The summed E-state index contributed by atoms with van der Waals surface area (Å²) in [7, 11) is 2.96. The second kappa shape index (κ2) is 8.57. The van der Waals surface area contributed by atoms with Gasteiger partial charge in [0.15, 0.2) is 0 Å². The number of carbonyl (C=O) groups excluding carboxylic acids is 1. The Bertz CT molecular complexity index is 1050. The number of aryl methyl sites for hydroxylation is 1. The highest BCUT2D eigenvalue weighted by atomic mass is 19.1. The fourth-order valence-corrected chi connectivity index (χ4v) is 3.52. The molecular weight excluding hydrogens is 375 g/mol. The van der Waals surface area contributed by atoms with E-state index in [9.17, 15) is 18.8 Å². The highest BCUT2D eigenvalue weighted by molar-refractivity contribution is 5.91. The molecule has 0 N–H and O–H groups in total. The first kappa shape index (κ1) is 20.7. The van der Waals surface area contributed by atoms with Gasteiger partial charge in [-0.2, -0.15) is 0 Å². The summed E-state index contributed by atoms with van der Waals surface area (Å²) in [6, 6.07) is 6.64. The topological polar surface area (TPSA) is 67.5 Å². The van der Waals surface area contributed by atoms with Gasteiger partial charge in [-0.3, -0.25) is 19.1 Å². The van der Waals surface area contributed by atoms with Gasteiger partial charge in [0.2, 0.25) is 5.91 Å². The maximum atomic E-state index is 13.5. The first-order valence-electron chi connectivity index (χ1n) is 9.51. The van der Waals surface area contributed by atoms with Gasteiger partial charge in [0.1, 0.15) is 5.82 Å².